The molecule has 0 N–H and O–H groups in total. The highest BCUT2D eigenvalue weighted by Gasteiger charge is 2.17. The van der Waals surface area contributed by atoms with Crippen LogP contribution in [0.2, 0.25) is 0 Å². The zero-order valence-electron chi connectivity index (χ0n) is 17.6. The number of para-hydroxylation sites is 1. The van der Waals surface area contributed by atoms with Crippen LogP contribution in [0.4, 0.5) is 0 Å². The summed E-state index contributed by atoms with van der Waals surface area (Å²) in [6.07, 6.45) is 0. The van der Waals surface area contributed by atoms with Crippen LogP contribution in [0.15, 0.2) is 121 Å². The molecule has 0 radical (unpaired) electrons. The Morgan fingerprint density at radius 1 is 0.562 bits per heavy atom. The summed E-state index contributed by atoms with van der Waals surface area (Å²) in [7, 11) is 0. The van der Waals surface area contributed by atoms with Crippen molar-refractivity contribution >= 4 is 21.9 Å². The van der Waals surface area contributed by atoms with E-state index in [2.05, 4.69) is 126 Å². The summed E-state index contributed by atoms with van der Waals surface area (Å²) in [4.78, 5) is 5.29. The first-order valence-corrected chi connectivity index (χ1v) is 11.0. The highest BCUT2D eigenvalue weighted by molar-refractivity contribution is 6.08. The topological polar surface area (TPSA) is 17.8 Å². The summed E-state index contributed by atoms with van der Waals surface area (Å²) in [5.41, 5.74) is 9.19. The molecule has 0 bridgehead atoms. The second kappa shape index (κ2) is 7.82. The Labute approximate surface area is 187 Å². The van der Waals surface area contributed by atoms with Crippen LogP contribution in [0.1, 0.15) is 5.56 Å². The van der Waals surface area contributed by atoms with E-state index in [1.165, 1.54) is 22.0 Å². The Hall–Kier alpha value is -4.17. The normalized spacial score (nSPS) is 11.2. The van der Waals surface area contributed by atoms with Crippen LogP contribution >= 0.6 is 0 Å². The second-order valence-electron chi connectivity index (χ2n) is 8.07. The minimum atomic E-state index is 0.811. The first-order valence-electron chi connectivity index (χ1n) is 11.0. The molecule has 0 unspecified atom stereocenters. The van der Waals surface area contributed by atoms with E-state index in [4.69, 9.17) is 4.98 Å². The fraction of sp³-hybridized carbons (Fsp3) is 0.0333. The molecule has 2 nitrogen and oxygen atoms in total. The fourth-order valence-corrected chi connectivity index (χ4v) is 4.54. The number of pyridine rings is 1. The SMILES string of the molecule is c1ccc(Cn2c3ccccc3c3nc(-c4ccccc4)c(-c4ccccc4)cc32)cc1. The van der Waals surface area contributed by atoms with E-state index < -0.39 is 0 Å². The number of rotatable bonds is 4. The molecule has 6 rings (SSSR count). The Morgan fingerprint density at radius 3 is 1.88 bits per heavy atom. The second-order valence-corrected chi connectivity index (χ2v) is 8.07. The molecule has 0 amide bonds. The van der Waals surface area contributed by atoms with Gasteiger partial charge in [0.1, 0.15) is 0 Å². The molecule has 0 aliphatic heterocycles. The monoisotopic (exact) mass is 410 g/mol. The predicted molar refractivity (Wildman–Crippen MR) is 134 cm³/mol. The van der Waals surface area contributed by atoms with Crippen LogP contribution in [0.5, 0.6) is 0 Å². The van der Waals surface area contributed by atoms with Crippen molar-refractivity contribution in [3.05, 3.63) is 127 Å². The molecule has 0 aliphatic carbocycles. The van der Waals surface area contributed by atoms with Crippen LogP contribution < -0.4 is 0 Å². The van der Waals surface area contributed by atoms with Crippen LogP contribution in [-0.2, 0) is 6.54 Å². The molecule has 0 saturated carbocycles. The number of aromatic nitrogens is 2. The first kappa shape index (κ1) is 18.6. The van der Waals surface area contributed by atoms with Crippen LogP contribution in [0, 0.1) is 0 Å². The average Bonchev–Trinajstić information content (AvgIpc) is 3.18. The molecule has 0 fully saturated rings. The van der Waals surface area contributed by atoms with Crippen molar-refractivity contribution in [2.45, 2.75) is 6.54 Å². The number of benzene rings is 4. The van der Waals surface area contributed by atoms with Crippen molar-refractivity contribution in [1.82, 2.24) is 9.55 Å². The molecule has 2 heteroatoms. The van der Waals surface area contributed by atoms with Crippen LogP contribution in [-0.4, -0.2) is 9.55 Å². The minimum Gasteiger partial charge on any atom is -0.335 e. The molecule has 4 aromatic carbocycles. The fourth-order valence-electron chi connectivity index (χ4n) is 4.54. The summed E-state index contributed by atoms with van der Waals surface area (Å²) in [6, 6.07) is 42.6. The van der Waals surface area contributed by atoms with Crippen molar-refractivity contribution in [2.75, 3.05) is 0 Å². The van der Waals surface area contributed by atoms with Gasteiger partial charge in [0.25, 0.3) is 0 Å². The van der Waals surface area contributed by atoms with E-state index in [1.807, 2.05) is 0 Å². The molecule has 152 valence electrons. The summed E-state index contributed by atoms with van der Waals surface area (Å²) >= 11 is 0. The molecule has 32 heavy (non-hydrogen) atoms. The number of fused-ring (bicyclic) bond motifs is 3. The number of hydrogen-bond acceptors (Lipinski definition) is 1. The largest absolute Gasteiger partial charge is 0.335 e. The first-order chi connectivity index (χ1) is 15.9. The van der Waals surface area contributed by atoms with E-state index in [-0.39, 0.29) is 0 Å². The summed E-state index contributed by atoms with van der Waals surface area (Å²) in [5.74, 6) is 0. The van der Waals surface area contributed by atoms with E-state index in [0.717, 1.165) is 34.4 Å². The molecule has 0 spiro atoms. The average molecular weight is 411 g/mol. The molecular formula is C30H22N2. The lowest BCUT2D eigenvalue weighted by Gasteiger charge is -2.12. The maximum absolute atomic E-state index is 5.29. The lowest BCUT2D eigenvalue weighted by Crippen LogP contribution is -2.00. The Morgan fingerprint density at radius 2 is 1.16 bits per heavy atom. The lowest BCUT2D eigenvalue weighted by molar-refractivity contribution is 0.868. The van der Waals surface area contributed by atoms with Crippen molar-refractivity contribution in [3.8, 4) is 22.4 Å². The van der Waals surface area contributed by atoms with Gasteiger partial charge in [0.05, 0.1) is 22.2 Å². The van der Waals surface area contributed by atoms with Gasteiger partial charge in [0, 0.05) is 23.1 Å². The third-order valence-electron chi connectivity index (χ3n) is 6.06. The van der Waals surface area contributed by atoms with Gasteiger partial charge < -0.3 is 4.57 Å². The van der Waals surface area contributed by atoms with Crippen molar-refractivity contribution in [2.24, 2.45) is 0 Å². The number of nitrogens with zero attached hydrogens (tertiary/aromatic N) is 2. The quantitative estimate of drug-likeness (QED) is 0.293. The highest BCUT2D eigenvalue weighted by atomic mass is 15.0. The summed E-state index contributed by atoms with van der Waals surface area (Å²) in [6.45, 7) is 0.811. The van der Waals surface area contributed by atoms with E-state index in [0.29, 0.717) is 0 Å². The van der Waals surface area contributed by atoms with Gasteiger partial charge in [-0.2, -0.15) is 0 Å². The molecule has 0 aliphatic rings. The molecule has 2 heterocycles. The van der Waals surface area contributed by atoms with Gasteiger partial charge in [-0.05, 0) is 23.3 Å². The Kier molecular flexibility index (Phi) is 4.54. The molecule has 6 aromatic rings. The van der Waals surface area contributed by atoms with Gasteiger partial charge in [0.2, 0.25) is 0 Å². The van der Waals surface area contributed by atoms with Crippen molar-refractivity contribution in [1.29, 1.82) is 0 Å². The number of hydrogen-bond donors (Lipinski definition) is 0. The van der Waals surface area contributed by atoms with Gasteiger partial charge >= 0.3 is 0 Å². The third-order valence-corrected chi connectivity index (χ3v) is 6.06. The highest BCUT2D eigenvalue weighted by Crippen LogP contribution is 2.37. The van der Waals surface area contributed by atoms with Gasteiger partial charge in [-0.3, -0.25) is 0 Å². The molecular weight excluding hydrogens is 388 g/mol. The van der Waals surface area contributed by atoms with Gasteiger partial charge in [0.15, 0.2) is 0 Å². The lowest BCUT2D eigenvalue weighted by atomic mass is 9.98. The standard InChI is InChI=1S/C30H22N2/c1-4-12-22(13-5-1)21-32-27-19-11-10-18-25(27)30-28(32)20-26(23-14-6-2-7-15-23)29(31-30)24-16-8-3-9-17-24/h1-20H,21H2. The zero-order chi connectivity index (χ0) is 21.3. The summed E-state index contributed by atoms with van der Waals surface area (Å²) in [5, 5.41) is 1.19. The van der Waals surface area contributed by atoms with E-state index in [1.54, 1.807) is 0 Å². The van der Waals surface area contributed by atoms with Crippen LogP contribution in [0.25, 0.3) is 44.3 Å². The molecule has 0 saturated heterocycles. The van der Waals surface area contributed by atoms with Crippen molar-refractivity contribution < 1.29 is 0 Å². The van der Waals surface area contributed by atoms with E-state index in [9.17, 15) is 0 Å². The van der Waals surface area contributed by atoms with Crippen LogP contribution in [0.3, 0.4) is 0 Å². The smallest absolute Gasteiger partial charge is 0.0967 e. The Balaban J connectivity index is 1.69. The van der Waals surface area contributed by atoms with E-state index >= 15 is 0 Å². The zero-order valence-corrected chi connectivity index (χ0v) is 17.6. The summed E-state index contributed by atoms with van der Waals surface area (Å²) < 4.78 is 2.40. The van der Waals surface area contributed by atoms with Gasteiger partial charge in [-0.15, -0.1) is 0 Å². The third kappa shape index (κ3) is 3.17. The Bertz CT molecular complexity index is 1520. The van der Waals surface area contributed by atoms with Gasteiger partial charge in [-0.25, -0.2) is 4.98 Å². The maximum atomic E-state index is 5.29. The minimum absolute atomic E-state index is 0.811. The predicted octanol–water partition coefficient (Wildman–Crippen LogP) is 7.57. The van der Waals surface area contributed by atoms with Gasteiger partial charge in [-0.1, -0.05) is 109 Å². The maximum Gasteiger partial charge on any atom is 0.0967 e. The molecule has 2 aromatic heterocycles. The molecule has 0 atom stereocenters. The van der Waals surface area contributed by atoms with Crippen molar-refractivity contribution in [3.63, 3.8) is 0 Å².